The maximum Gasteiger partial charge on any atom is 0.288 e. The number of nitro groups is 1. The van der Waals surface area contributed by atoms with Crippen molar-refractivity contribution in [2.45, 2.75) is 20.3 Å². The summed E-state index contributed by atoms with van der Waals surface area (Å²) in [4.78, 5) is 13.8. The second-order valence-electron chi connectivity index (χ2n) is 2.92. The Hall–Kier alpha value is -1.65. The molecule has 0 spiro atoms. The second-order valence-corrected chi connectivity index (χ2v) is 2.92. The van der Waals surface area contributed by atoms with E-state index in [2.05, 4.69) is 4.98 Å². The van der Waals surface area contributed by atoms with Gasteiger partial charge in [-0.3, -0.25) is 10.1 Å². The number of nitrogens with zero attached hydrogens (tertiary/aromatic N) is 2. The van der Waals surface area contributed by atoms with Crippen LogP contribution in [-0.4, -0.2) is 16.5 Å². The second kappa shape index (κ2) is 4.55. The first-order valence-corrected chi connectivity index (χ1v) is 4.39. The van der Waals surface area contributed by atoms with Crippen LogP contribution < -0.4 is 4.74 Å². The van der Waals surface area contributed by atoms with Crippen LogP contribution in [-0.2, 0) is 0 Å². The van der Waals surface area contributed by atoms with Crippen LogP contribution in [0.2, 0.25) is 0 Å². The van der Waals surface area contributed by atoms with Crippen LogP contribution in [0, 0.1) is 17.0 Å². The van der Waals surface area contributed by atoms with Gasteiger partial charge in [-0.05, 0) is 13.3 Å². The molecule has 1 aromatic heterocycles. The molecule has 1 rings (SSSR count). The van der Waals surface area contributed by atoms with E-state index in [0.717, 1.165) is 6.42 Å². The van der Waals surface area contributed by atoms with Gasteiger partial charge in [0.25, 0.3) is 5.69 Å². The van der Waals surface area contributed by atoms with Crippen molar-refractivity contribution in [1.29, 1.82) is 0 Å². The molecule has 0 aliphatic carbocycles. The molecule has 0 saturated carbocycles. The monoisotopic (exact) mass is 196 g/mol. The number of rotatable bonds is 4. The summed E-state index contributed by atoms with van der Waals surface area (Å²) in [5.41, 5.74) is 0.680. The zero-order chi connectivity index (χ0) is 10.6. The fraction of sp³-hybridized carbons (Fsp3) is 0.444. The van der Waals surface area contributed by atoms with Crippen LogP contribution in [0.3, 0.4) is 0 Å². The first kappa shape index (κ1) is 10.4. The largest absolute Gasteiger partial charge is 0.477 e. The highest BCUT2D eigenvalue weighted by Crippen LogP contribution is 2.19. The molecule has 0 unspecified atom stereocenters. The van der Waals surface area contributed by atoms with E-state index in [0.29, 0.717) is 18.1 Å². The van der Waals surface area contributed by atoms with Crippen molar-refractivity contribution in [2.75, 3.05) is 6.61 Å². The van der Waals surface area contributed by atoms with Crippen molar-refractivity contribution >= 4 is 5.69 Å². The van der Waals surface area contributed by atoms with Crippen LogP contribution >= 0.6 is 0 Å². The Kier molecular flexibility index (Phi) is 3.39. The number of aromatic nitrogens is 1. The van der Waals surface area contributed by atoms with E-state index in [1.165, 1.54) is 12.3 Å². The van der Waals surface area contributed by atoms with Gasteiger partial charge >= 0.3 is 0 Å². The lowest BCUT2D eigenvalue weighted by molar-refractivity contribution is -0.385. The molecule has 5 heteroatoms. The van der Waals surface area contributed by atoms with E-state index < -0.39 is 4.92 Å². The average molecular weight is 196 g/mol. The summed E-state index contributed by atoms with van der Waals surface area (Å²) in [5.74, 6) is 0.470. The highest BCUT2D eigenvalue weighted by molar-refractivity contribution is 5.36. The molecule has 1 aromatic rings. The van der Waals surface area contributed by atoms with Crippen LogP contribution in [0.5, 0.6) is 5.88 Å². The smallest absolute Gasteiger partial charge is 0.288 e. The Morgan fingerprint density at radius 2 is 2.36 bits per heavy atom. The summed E-state index contributed by atoms with van der Waals surface area (Å²) in [5, 5.41) is 10.4. The molecule has 76 valence electrons. The first-order valence-electron chi connectivity index (χ1n) is 4.39. The summed E-state index contributed by atoms with van der Waals surface area (Å²) in [6.07, 6.45) is 2.09. The lowest BCUT2D eigenvalue weighted by Gasteiger charge is -2.05. The van der Waals surface area contributed by atoms with Gasteiger partial charge in [0, 0.05) is 11.6 Å². The third kappa shape index (κ3) is 2.42. The molecule has 0 amide bonds. The number of ether oxygens (including phenoxy) is 1. The number of pyridine rings is 1. The van der Waals surface area contributed by atoms with Gasteiger partial charge in [0.15, 0.2) is 0 Å². The predicted molar refractivity (Wildman–Crippen MR) is 51.4 cm³/mol. The average Bonchev–Trinajstić information content (AvgIpc) is 2.15. The molecule has 14 heavy (non-hydrogen) atoms. The zero-order valence-electron chi connectivity index (χ0n) is 8.19. The number of hydrogen-bond donors (Lipinski definition) is 0. The molecule has 0 N–H and O–H groups in total. The van der Waals surface area contributed by atoms with Crippen LogP contribution in [0.25, 0.3) is 0 Å². The fourth-order valence-corrected chi connectivity index (χ4v) is 0.997. The fourth-order valence-electron chi connectivity index (χ4n) is 0.997. The van der Waals surface area contributed by atoms with Crippen molar-refractivity contribution in [3.8, 4) is 5.88 Å². The quantitative estimate of drug-likeness (QED) is 0.546. The molecule has 5 nitrogen and oxygen atoms in total. The van der Waals surface area contributed by atoms with Crippen LogP contribution in [0.15, 0.2) is 12.3 Å². The number of aryl methyl sites for hydroxylation is 1. The molecule has 0 bridgehead atoms. The van der Waals surface area contributed by atoms with Gasteiger partial charge in [0.1, 0.15) is 6.20 Å². The van der Waals surface area contributed by atoms with Crippen molar-refractivity contribution in [1.82, 2.24) is 4.98 Å². The Labute approximate surface area is 81.9 Å². The van der Waals surface area contributed by atoms with E-state index in [-0.39, 0.29) is 5.69 Å². The summed E-state index contributed by atoms with van der Waals surface area (Å²) < 4.78 is 5.29. The lowest BCUT2D eigenvalue weighted by atomic mass is 10.3. The molecule has 0 fully saturated rings. The van der Waals surface area contributed by atoms with E-state index in [9.17, 15) is 10.1 Å². The van der Waals surface area contributed by atoms with E-state index in [1.807, 2.05) is 6.92 Å². The molecule has 0 aliphatic heterocycles. The third-order valence-electron chi connectivity index (χ3n) is 1.67. The SMILES string of the molecule is CCCOc1ncc([N+](=O)[O-])cc1C. The van der Waals surface area contributed by atoms with E-state index in [4.69, 9.17) is 4.74 Å². The minimum absolute atomic E-state index is 0.00801. The first-order chi connectivity index (χ1) is 6.65. The van der Waals surface area contributed by atoms with E-state index in [1.54, 1.807) is 6.92 Å². The van der Waals surface area contributed by atoms with Gasteiger partial charge in [0.2, 0.25) is 5.88 Å². The standard InChI is InChI=1S/C9H12N2O3/c1-3-4-14-9-7(2)5-8(6-10-9)11(12)13/h5-6H,3-4H2,1-2H3. The third-order valence-corrected chi connectivity index (χ3v) is 1.67. The van der Waals surface area contributed by atoms with Gasteiger partial charge < -0.3 is 4.74 Å². The minimum atomic E-state index is -0.469. The Balaban J connectivity index is 2.84. The Bertz CT molecular complexity index is 339. The van der Waals surface area contributed by atoms with Crippen LogP contribution in [0.4, 0.5) is 5.69 Å². The molecule has 0 saturated heterocycles. The highest BCUT2D eigenvalue weighted by atomic mass is 16.6. The van der Waals surface area contributed by atoms with Crippen LogP contribution in [0.1, 0.15) is 18.9 Å². The topological polar surface area (TPSA) is 65.3 Å². The molecule has 0 atom stereocenters. The van der Waals surface area contributed by atoms with Gasteiger partial charge in [-0.1, -0.05) is 6.92 Å². The summed E-state index contributed by atoms with van der Waals surface area (Å²) in [7, 11) is 0. The van der Waals surface area contributed by atoms with Crippen molar-refractivity contribution in [2.24, 2.45) is 0 Å². The maximum atomic E-state index is 10.4. The summed E-state index contributed by atoms with van der Waals surface area (Å²) >= 11 is 0. The Morgan fingerprint density at radius 1 is 1.64 bits per heavy atom. The van der Waals surface area contributed by atoms with Gasteiger partial charge in [-0.15, -0.1) is 0 Å². The van der Waals surface area contributed by atoms with E-state index >= 15 is 0 Å². The molecular formula is C9H12N2O3. The van der Waals surface area contributed by atoms with Gasteiger partial charge in [-0.25, -0.2) is 4.98 Å². The summed E-state index contributed by atoms with van der Waals surface area (Å²) in [6.45, 7) is 4.30. The van der Waals surface area contributed by atoms with Gasteiger partial charge in [0.05, 0.1) is 11.5 Å². The molecule has 0 radical (unpaired) electrons. The highest BCUT2D eigenvalue weighted by Gasteiger charge is 2.09. The molecule has 0 aromatic carbocycles. The van der Waals surface area contributed by atoms with Crippen molar-refractivity contribution in [3.05, 3.63) is 27.9 Å². The Morgan fingerprint density at radius 3 is 2.86 bits per heavy atom. The van der Waals surface area contributed by atoms with Crippen molar-refractivity contribution in [3.63, 3.8) is 0 Å². The zero-order valence-corrected chi connectivity index (χ0v) is 8.19. The predicted octanol–water partition coefficient (Wildman–Crippen LogP) is 2.09. The summed E-state index contributed by atoms with van der Waals surface area (Å²) in [6, 6.07) is 1.46. The maximum absolute atomic E-state index is 10.4. The normalized spacial score (nSPS) is 9.86. The molecule has 0 aliphatic rings. The van der Waals surface area contributed by atoms with Gasteiger partial charge in [-0.2, -0.15) is 0 Å². The minimum Gasteiger partial charge on any atom is -0.477 e. The molecular weight excluding hydrogens is 184 g/mol. The van der Waals surface area contributed by atoms with Crippen molar-refractivity contribution < 1.29 is 9.66 Å². The lowest BCUT2D eigenvalue weighted by Crippen LogP contribution is -2.00. The number of hydrogen-bond acceptors (Lipinski definition) is 4. The molecule has 1 heterocycles.